The number of amides is 1. The number of ether oxygens (including phenoxy) is 1. The molecule has 0 radical (unpaired) electrons. The van der Waals surface area contributed by atoms with Crippen LogP contribution in [0, 0.1) is 0 Å². The molecule has 2 aromatic rings. The van der Waals surface area contributed by atoms with E-state index in [0.717, 1.165) is 29.4 Å². The first-order chi connectivity index (χ1) is 15.8. The molecule has 0 fully saturated rings. The molecule has 0 bridgehead atoms. The van der Waals surface area contributed by atoms with Gasteiger partial charge in [-0.15, -0.1) is 0 Å². The zero-order valence-corrected chi connectivity index (χ0v) is 20.2. The number of allylic oxidation sites excluding steroid dienone is 2. The number of hydrogen-bond donors (Lipinski definition) is 1. The minimum absolute atomic E-state index is 0.0391. The van der Waals surface area contributed by atoms with E-state index in [9.17, 15) is 4.79 Å². The molecule has 4 nitrogen and oxygen atoms in total. The molecular weight excluding hydrogens is 396 g/mol. The van der Waals surface area contributed by atoms with Crippen LogP contribution in [0.2, 0.25) is 0 Å². The second-order valence-electron chi connectivity index (χ2n) is 8.60. The van der Waals surface area contributed by atoms with Crippen molar-refractivity contribution < 1.29 is 9.53 Å². The van der Waals surface area contributed by atoms with Crippen LogP contribution in [-0.4, -0.2) is 18.0 Å². The Kier molecular flexibility index (Phi) is 13.2. The van der Waals surface area contributed by atoms with Crippen molar-refractivity contribution in [3.8, 4) is 5.75 Å². The molecule has 0 aliphatic carbocycles. The van der Waals surface area contributed by atoms with Gasteiger partial charge in [0, 0.05) is 18.0 Å². The molecule has 0 atom stereocenters. The quantitative estimate of drug-likeness (QED) is 0.200. The fraction of sp³-hybridized carbons (Fsp3) is 0.571. The van der Waals surface area contributed by atoms with E-state index in [1.165, 1.54) is 70.6 Å². The van der Waals surface area contributed by atoms with Crippen LogP contribution in [0.4, 0.5) is 5.69 Å². The van der Waals surface area contributed by atoms with Crippen molar-refractivity contribution in [3.63, 3.8) is 0 Å². The molecule has 1 heterocycles. The first-order valence-electron chi connectivity index (χ1n) is 12.6. The van der Waals surface area contributed by atoms with Crippen LogP contribution < -0.4 is 10.1 Å². The molecule has 2 rings (SSSR count). The summed E-state index contributed by atoms with van der Waals surface area (Å²) in [5.74, 6) is 0.709. The van der Waals surface area contributed by atoms with E-state index < -0.39 is 0 Å². The summed E-state index contributed by atoms with van der Waals surface area (Å²) in [7, 11) is 1.62. The van der Waals surface area contributed by atoms with E-state index >= 15 is 0 Å². The lowest BCUT2D eigenvalue weighted by Crippen LogP contribution is -2.12. The van der Waals surface area contributed by atoms with Crippen molar-refractivity contribution in [2.45, 2.75) is 96.8 Å². The Bertz CT molecular complexity index is 816. The molecule has 0 aliphatic rings. The number of carbonyl (C=O) groups is 1. The third kappa shape index (κ3) is 9.84. The monoisotopic (exact) mass is 438 g/mol. The molecule has 4 heteroatoms. The van der Waals surface area contributed by atoms with Crippen molar-refractivity contribution in [3.05, 3.63) is 42.6 Å². The zero-order valence-electron chi connectivity index (χ0n) is 20.2. The summed E-state index contributed by atoms with van der Waals surface area (Å²) in [6.45, 7) is 2.27. The minimum Gasteiger partial charge on any atom is -0.495 e. The van der Waals surface area contributed by atoms with Gasteiger partial charge in [-0.2, -0.15) is 0 Å². The van der Waals surface area contributed by atoms with Gasteiger partial charge >= 0.3 is 0 Å². The molecule has 0 saturated carbocycles. The second kappa shape index (κ2) is 16.3. The molecule has 176 valence electrons. The van der Waals surface area contributed by atoms with Crippen molar-refractivity contribution in [1.29, 1.82) is 0 Å². The normalized spacial score (nSPS) is 11.3. The summed E-state index contributed by atoms with van der Waals surface area (Å²) < 4.78 is 5.44. The third-order valence-corrected chi connectivity index (χ3v) is 5.90. The molecule has 1 aromatic carbocycles. The number of aromatic nitrogens is 1. The number of methoxy groups -OCH3 is 1. The number of hydrogen-bond acceptors (Lipinski definition) is 3. The highest BCUT2D eigenvalue weighted by atomic mass is 16.5. The summed E-state index contributed by atoms with van der Waals surface area (Å²) in [5, 5.41) is 3.95. The SMILES string of the molecule is CCCCCCCC/C=C/CCCCCCCC(=O)Nc1c(OC)ccc2ncccc12. The number of fused-ring (bicyclic) bond motifs is 1. The van der Waals surface area contributed by atoms with Gasteiger partial charge in [-0.05, 0) is 56.4 Å². The highest BCUT2D eigenvalue weighted by molar-refractivity contribution is 6.03. The Morgan fingerprint density at radius 3 is 2.25 bits per heavy atom. The van der Waals surface area contributed by atoms with Crippen LogP contribution in [0.15, 0.2) is 42.6 Å². The van der Waals surface area contributed by atoms with Crippen molar-refractivity contribution in [2.24, 2.45) is 0 Å². The average Bonchev–Trinajstić information content (AvgIpc) is 2.81. The number of carbonyl (C=O) groups excluding carboxylic acids is 1. The minimum atomic E-state index is 0.0391. The van der Waals surface area contributed by atoms with Gasteiger partial charge in [-0.1, -0.05) is 70.4 Å². The molecule has 1 N–H and O–H groups in total. The molecule has 1 amide bonds. The molecule has 0 saturated heterocycles. The molecule has 0 unspecified atom stereocenters. The van der Waals surface area contributed by atoms with Crippen LogP contribution in [-0.2, 0) is 4.79 Å². The Hall–Kier alpha value is -2.36. The molecule has 32 heavy (non-hydrogen) atoms. The lowest BCUT2D eigenvalue weighted by molar-refractivity contribution is -0.116. The summed E-state index contributed by atoms with van der Waals surface area (Å²) in [6, 6.07) is 7.60. The second-order valence-corrected chi connectivity index (χ2v) is 8.60. The maximum absolute atomic E-state index is 12.5. The summed E-state index contributed by atoms with van der Waals surface area (Å²) in [6.07, 6.45) is 23.4. The highest BCUT2D eigenvalue weighted by Gasteiger charge is 2.12. The van der Waals surface area contributed by atoms with Crippen LogP contribution in [0.3, 0.4) is 0 Å². The van der Waals surface area contributed by atoms with Gasteiger partial charge in [0.2, 0.25) is 5.91 Å². The van der Waals surface area contributed by atoms with E-state index in [4.69, 9.17) is 4.74 Å². The maximum Gasteiger partial charge on any atom is 0.224 e. The van der Waals surface area contributed by atoms with E-state index in [1.54, 1.807) is 13.3 Å². The Balaban J connectivity index is 1.54. The number of unbranched alkanes of at least 4 members (excludes halogenated alkanes) is 11. The Labute approximate surface area is 194 Å². The summed E-state index contributed by atoms with van der Waals surface area (Å²) in [4.78, 5) is 16.8. The van der Waals surface area contributed by atoms with Gasteiger partial charge in [0.15, 0.2) is 0 Å². The van der Waals surface area contributed by atoms with Crippen molar-refractivity contribution in [2.75, 3.05) is 12.4 Å². The molecule has 1 aromatic heterocycles. The first kappa shape index (κ1) is 25.9. The lowest BCUT2D eigenvalue weighted by Gasteiger charge is -2.13. The predicted molar refractivity (Wildman–Crippen MR) is 136 cm³/mol. The van der Waals surface area contributed by atoms with E-state index in [2.05, 4.69) is 29.4 Å². The van der Waals surface area contributed by atoms with Gasteiger partial charge in [0.1, 0.15) is 5.75 Å². The maximum atomic E-state index is 12.5. The van der Waals surface area contributed by atoms with Crippen molar-refractivity contribution in [1.82, 2.24) is 4.98 Å². The Morgan fingerprint density at radius 1 is 0.906 bits per heavy atom. The van der Waals surface area contributed by atoms with E-state index in [1.807, 2.05) is 24.3 Å². The van der Waals surface area contributed by atoms with Crippen LogP contribution in [0.25, 0.3) is 10.9 Å². The lowest BCUT2D eigenvalue weighted by atomic mass is 10.1. The number of rotatable bonds is 17. The predicted octanol–water partition coefficient (Wildman–Crippen LogP) is 8.22. The van der Waals surface area contributed by atoms with Gasteiger partial charge in [0.05, 0.1) is 18.3 Å². The Morgan fingerprint density at radius 2 is 1.56 bits per heavy atom. The standard InChI is InChI=1S/C28H42N2O2/c1-3-4-5-6-7-8-9-10-11-12-13-14-15-16-17-20-27(31)30-28-24-19-18-23-29-25(24)21-22-26(28)32-2/h10-11,18-19,21-23H,3-9,12-17,20H2,1-2H3,(H,30,31)/b11-10+. The van der Waals surface area contributed by atoms with Crippen LogP contribution in [0.1, 0.15) is 96.8 Å². The first-order valence-corrected chi connectivity index (χ1v) is 12.6. The molecule has 0 spiro atoms. The summed E-state index contributed by atoms with van der Waals surface area (Å²) in [5.41, 5.74) is 1.57. The van der Waals surface area contributed by atoms with Crippen molar-refractivity contribution >= 4 is 22.5 Å². The number of benzene rings is 1. The molecule has 0 aliphatic heterocycles. The summed E-state index contributed by atoms with van der Waals surface area (Å²) >= 11 is 0. The van der Waals surface area contributed by atoms with E-state index in [-0.39, 0.29) is 5.91 Å². The van der Waals surface area contributed by atoms with Crippen LogP contribution >= 0.6 is 0 Å². The number of pyridine rings is 1. The highest BCUT2D eigenvalue weighted by Crippen LogP contribution is 2.32. The van der Waals surface area contributed by atoms with Gasteiger partial charge in [0.25, 0.3) is 0 Å². The fourth-order valence-corrected chi connectivity index (χ4v) is 3.99. The topological polar surface area (TPSA) is 51.2 Å². The third-order valence-electron chi connectivity index (χ3n) is 5.90. The smallest absolute Gasteiger partial charge is 0.224 e. The number of anilines is 1. The number of nitrogens with zero attached hydrogens (tertiary/aromatic N) is 1. The molecular formula is C28H42N2O2. The van der Waals surface area contributed by atoms with Gasteiger partial charge < -0.3 is 10.1 Å². The number of nitrogens with one attached hydrogen (secondary N) is 1. The average molecular weight is 439 g/mol. The van der Waals surface area contributed by atoms with E-state index in [0.29, 0.717) is 12.2 Å². The van der Waals surface area contributed by atoms with Crippen LogP contribution in [0.5, 0.6) is 5.75 Å². The van der Waals surface area contributed by atoms with Gasteiger partial charge in [-0.25, -0.2) is 0 Å². The fourth-order valence-electron chi connectivity index (χ4n) is 3.99. The van der Waals surface area contributed by atoms with Gasteiger partial charge in [-0.3, -0.25) is 9.78 Å². The zero-order chi connectivity index (χ0) is 22.9. The largest absolute Gasteiger partial charge is 0.495 e.